The van der Waals surface area contributed by atoms with E-state index in [0.29, 0.717) is 12.4 Å². The summed E-state index contributed by atoms with van der Waals surface area (Å²) in [6.07, 6.45) is 8.00. The third kappa shape index (κ3) is 3.53. The fourth-order valence-electron chi connectivity index (χ4n) is 2.25. The first kappa shape index (κ1) is 14.3. The van der Waals surface area contributed by atoms with Gasteiger partial charge in [-0.25, -0.2) is 15.0 Å². The van der Waals surface area contributed by atoms with E-state index < -0.39 is 0 Å². The largest absolute Gasteiger partial charge is 0.338 e. The van der Waals surface area contributed by atoms with E-state index in [1.807, 2.05) is 6.07 Å². The van der Waals surface area contributed by atoms with Crippen LogP contribution in [0, 0.1) is 0 Å². The van der Waals surface area contributed by atoms with Gasteiger partial charge >= 0.3 is 0 Å². The number of piperazine rings is 1. The molecule has 1 fully saturated rings. The van der Waals surface area contributed by atoms with Gasteiger partial charge in [-0.15, -0.1) is 0 Å². The number of aromatic nitrogens is 4. The smallest absolute Gasteiger partial charge is 0.272 e. The highest BCUT2D eigenvalue weighted by molar-refractivity contribution is 5.91. The molecule has 1 amide bonds. The van der Waals surface area contributed by atoms with E-state index in [2.05, 4.69) is 35.1 Å². The first-order valence-corrected chi connectivity index (χ1v) is 7.11. The van der Waals surface area contributed by atoms with Gasteiger partial charge in [-0.05, 0) is 6.07 Å². The van der Waals surface area contributed by atoms with Crippen molar-refractivity contribution in [3.63, 3.8) is 0 Å². The van der Waals surface area contributed by atoms with Gasteiger partial charge in [-0.1, -0.05) is 0 Å². The molecule has 1 aliphatic rings. The molecule has 0 aromatic carbocycles. The van der Waals surface area contributed by atoms with Crippen LogP contribution in [0.15, 0.2) is 37.1 Å². The molecule has 0 radical (unpaired) electrons. The molecule has 3 heterocycles. The van der Waals surface area contributed by atoms with E-state index in [1.165, 1.54) is 12.4 Å². The monoisotopic (exact) mass is 299 g/mol. The SMILES string of the molecule is O=C(NCN1CCN(c2ncccn2)CC1)c1cnccn1. The van der Waals surface area contributed by atoms with Crippen LogP contribution in [0.25, 0.3) is 0 Å². The molecule has 0 aliphatic carbocycles. The third-order valence-electron chi connectivity index (χ3n) is 3.47. The van der Waals surface area contributed by atoms with E-state index in [-0.39, 0.29) is 5.91 Å². The van der Waals surface area contributed by atoms with Crippen molar-refractivity contribution in [1.82, 2.24) is 30.2 Å². The Morgan fingerprint density at radius 1 is 1.05 bits per heavy atom. The first-order valence-electron chi connectivity index (χ1n) is 7.11. The second-order valence-corrected chi connectivity index (χ2v) is 4.91. The zero-order valence-electron chi connectivity index (χ0n) is 12.1. The minimum absolute atomic E-state index is 0.207. The fraction of sp³-hybridized carbons (Fsp3) is 0.357. The highest BCUT2D eigenvalue weighted by Gasteiger charge is 2.19. The number of hydrogen-bond acceptors (Lipinski definition) is 7. The van der Waals surface area contributed by atoms with Crippen LogP contribution in [0.1, 0.15) is 10.5 Å². The number of nitrogens with zero attached hydrogens (tertiary/aromatic N) is 6. The number of carbonyl (C=O) groups is 1. The van der Waals surface area contributed by atoms with Crippen LogP contribution in [-0.2, 0) is 0 Å². The second kappa shape index (κ2) is 6.90. The van der Waals surface area contributed by atoms with Crippen molar-refractivity contribution in [1.29, 1.82) is 0 Å². The van der Waals surface area contributed by atoms with Crippen molar-refractivity contribution < 1.29 is 4.79 Å². The predicted molar refractivity (Wildman–Crippen MR) is 80.2 cm³/mol. The molecule has 8 nitrogen and oxygen atoms in total. The van der Waals surface area contributed by atoms with Crippen LogP contribution >= 0.6 is 0 Å². The number of hydrogen-bond donors (Lipinski definition) is 1. The summed E-state index contributed by atoms with van der Waals surface area (Å²) in [6.45, 7) is 3.87. The van der Waals surface area contributed by atoms with Gasteiger partial charge in [0.2, 0.25) is 5.95 Å². The Kier molecular flexibility index (Phi) is 4.50. The Morgan fingerprint density at radius 2 is 1.82 bits per heavy atom. The number of rotatable bonds is 4. The van der Waals surface area contributed by atoms with Crippen LogP contribution < -0.4 is 10.2 Å². The molecule has 3 rings (SSSR count). The standard InChI is InChI=1S/C14H17N7O/c22-13(12-10-15-4-5-16-12)19-11-20-6-8-21(9-7-20)14-17-2-1-3-18-14/h1-5,10H,6-9,11H2,(H,19,22). The van der Waals surface area contributed by atoms with Crippen LogP contribution in [0.2, 0.25) is 0 Å². The van der Waals surface area contributed by atoms with Gasteiger partial charge in [0.05, 0.1) is 12.9 Å². The maximum atomic E-state index is 11.9. The van der Waals surface area contributed by atoms with E-state index in [9.17, 15) is 4.79 Å². The number of amides is 1. The van der Waals surface area contributed by atoms with Crippen LogP contribution in [0.4, 0.5) is 5.95 Å². The van der Waals surface area contributed by atoms with Crippen molar-refractivity contribution in [2.45, 2.75) is 0 Å². The minimum Gasteiger partial charge on any atom is -0.338 e. The summed E-state index contributed by atoms with van der Waals surface area (Å²) in [5.41, 5.74) is 0.332. The highest BCUT2D eigenvalue weighted by Crippen LogP contribution is 2.08. The molecule has 1 aliphatic heterocycles. The summed E-state index contributed by atoms with van der Waals surface area (Å²) in [6, 6.07) is 1.81. The Morgan fingerprint density at radius 3 is 2.50 bits per heavy atom. The number of carbonyl (C=O) groups excluding carboxylic acids is 1. The van der Waals surface area contributed by atoms with Crippen LogP contribution in [0.3, 0.4) is 0 Å². The topological polar surface area (TPSA) is 87.1 Å². The molecule has 2 aromatic rings. The van der Waals surface area contributed by atoms with E-state index in [0.717, 1.165) is 32.1 Å². The molecule has 1 N–H and O–H groups in total. The summed E-state index contributed by atoms with van der Waals surface area (Å²) >= 11 is 0. The summed E-state index contributed by atoms with van der Waals surface area (Å²) in [4.78, 5) is 32.6. The van der Waals surface area contributed by atoms with Gasteiger partial charge in [-0.2, -0.15) is 0 Å². The highest BCUT2D eigenvalue weighted by atomic mass is 16.2. The summed E-state index contributed by atoms with van der Waals surface area (Å²) < 4.78 is 0. The van der Waals surface area contributed by atoms with Gasteiger partial charge in [0.1, 0.15) is 5.69 Å². The first-order chi connectivity index (χ1) is 10.8. The molecule has 1 saturated heterocycles. The Hall–Kier alpha value is -2.61. The lowest BCUT2D eigenvalue weighted by atomic mass is 10.3. The summed E-state index contributed by atoms with van der Waals surface area (Å²) in [7, 11) is 0. The predicted octanol–water partition coefficient (Wildman–Crippen LogP) is -0.224. The lowest BCUT2D eigenvalue weighted by Crippen LogP contribution is -2.50. The van der Waals surface area contributed by atoms with Gasteiger partial charge in [0.15, 0.2) is 0 Å². The molecule has 8 heteroatoms. The Labute approximate surface area is 128 Å². The Bertz CT molecular complexity index is 599. The average Bonchev–Trinajstić information content (AvgIpc) is 2.61. The van der Waals surface area contributed by atoms with Crippen molar-refractivity contribution in [2.75, 3.05) is 37.7 Å². The normalized spacial score (nSPS) is 15.5. The number of nitrogens with one attached hydrogen (secondary N) is 1. The van der Waals surface area contributed by atoms with E-state index in [1.54, 1.807) is 18.6 Å². The molecule has 2 aromatic heterocycles. The van der Waals surface area contributed by atoms with E-state index in [4.69, 9.17) is 0 Å². The van der Waals surface area contributed by atoms with Crippen molar-refractivity contribution in [3.8, 4) is 0 Å². The van der Waals surface area contributed by atoms with Crippen LogP contribution in [-0.4, -0.2) is 63.6 Å². The molecule has 0 spiro atoms. The zero-order valence-corrected chi connectivity index (χ0v) is 12.1. The maximum absolute atomic E-state index is 11.9. The van der Waals surface area contributed by atoms with Crippen molar-refractivity contribution in [3.05, 3.63) is 42.7 Å². The van der Waals surface area contributed by atoms with Gasteiger partial charge in [0, 0.05) is 51.0 Å². The molecule has 22 heavy (non-hydrogen) atoms. The molecule has 0 unspecified atom stereocenters. The average molecular weight is 299 g/mol. The fourth-order valence-corrected chi connectivity index (χ4v) is 2.25. The lowest BCUT2D eigenvalue weighted by molar-refractivity contribution is 0.0914. The number of anilines is 1. The zero-order chi connectivity index (χ0) is 15.2. The molecule has 114 valence electrons. The Balaban J connectivity index is 1.45. The van der Waals surface area contributed by atoms with Crippen molar-refractivity contribution >= 4 is 11.9 Å². The van der Waals surface area contributed by atoms with Gasteiger partial charge in [-0.3, -0.25) is 14.7 Å². The van der Waals surface area contributed by atoms with Crippen LogP contribution in [0.5, 0.6) is 0 Å². The molecule has 0 saturated carbocycles. The minimum atomic E-state index is -0.207. The molecular formula is C14H17N7O. The van der Waals surface area contributed by atoms with Crippen molar-refractivity contribution in [2.24, 2.45) is 0 Å². The van der Waals surface area contributed by atoms with Gasteiger partial charge < -0.3 is 10.2 Å². The molecular weight excluding hydrogens is 282 g/mol. The molecule has 0 atom stereocenters. The third-order valence-corrected chi connectivity index (χ3v) is 3.47. The summed E-state index contributed by atoms with van der Waals surface area (Å²) in [5.74, 6) is 0.549. The van der Waals surface area contributed by atoms with E-state index >= 15 is 0 Å². The van der Waals surface area contributed by atoms with Gasteiger partial charge in [0.25, 0.3) is 5.91 Å². The maximum Gasteiger partial charge on any atom is 0.272 e. The molecule has 0 bridgehead atoms. The lowest BCUT2D eigenvalue weighted by Gasteiger charge is -2.34. The summed E-state index contributed by atoms with van der Waals surface area (Å²) in [5, 5.41) is 2.86. The quantitative estimate of drug-likeness (QED) is 0.835. The second-order valence-electron chi connectivity index (χ2n) is 4.91.